The van der Waals surface area contributed by atoms with E-state index in [1.165, 1.54) is 22.5 Å². The van der Waals surface area contributed by atoms with Gasteiger partial charge in [0.05, 0.1) is 5.41 Å². The maximum absolute atomic E-state index is 12.0. The smallest absolute Gasteiger partial charge is 0.227 e. The van der Waals surface area contributed by atoms with Crippen LogP contribution >= 0.6 is 0 Å². The van der Waals surface area contributed by atoms with Crippen LogP contribution in [-0.2, 0) is 15.6 Å². The van der Waals surface area contributed by atoms with Gasteiger partial charge in [-0.15, -0.1) is 0 Å². The van der Waals surface area contributed by atoms with E-state index in [-0.39, 0.29) is 11.3 Å². The van der Waals surface area contributed by atoms with Crippen molar-refractivity contribution in [3.8, 4) is 0 Å². The van der Waals surface area contributed by atoms with Crippen LogP contribution in [0.15, 0.2) is 0 Å². The molecule has 0 bridgehead atoms. The fourth-order valence-corrected chi connectivity index (χ4v) is 4.40. The molecule has 1 aromatic rings. The van der Waals surface area contributed by atoms with Crippen LogP contribution < -0.4 is 5.73 Å². The molecule has 2 N–H and O–H groups in total. The first-order valence-corrected chi connectivity index (χ1v) is 7.06. The molecule has 3 heteroatoms. The summed E-state index contributed by atoms with van der Waals surface area (Å²) in [7, 11) is 0. The summed E-state index contributed by atoms with van der Waals surface area (Å²) in [5.74, 6) is -0.205. The van der Waals surface area contributed by atoms with Crippen molar-refractivity contribution in [2.24, 2.45) is 5.73 Å². The van der Waals surface area contributed by atoms with Crippen molar-refractivity contribution in [3.63, 3.8) is 0 Å². The number of primary amides is 1. The largest absolute Gasteiger partial charge is 0.369 e. The predicted molar refractivity (Wildman–Crippen MR) is 78.5 cm³/mol. The molecule has 0 aromatic carbocycles. The van der Waals surface area contributed by atoms with Gasteiger partial charge in [-0.1, -0.05) is 13.8 Å². The molecule has 1 aromatic heterocycles. The summed E-state index contributed by atoms with van der Waals surface area (Å²) in [5, 5.41) is 0. The lowest BCUT2D eigenvalue weighted by Crippen LogP contribution is -2.38. The zero-order valence-corrected chi connectivity index (χ0v) is 13.2. The first kappa shape index (κ1) is 14.2. The van der Waals surface area contributed by atoms with Crippen LogP contribution in [-0.4, -0.2) is 10.5 Å². The van der Waals surface area contributed by atoms with Gasteiger partial charge in [-0.2, -0.15) is 0 Å². The third-order valence-corrected chi connectivity index (χ3v) is 4.78. The molecule has 1 aliphatic carbocycles. The minimum atomic E-state index is -0.534. The Kier molecular flexibility index (Phi) is 2.89. The number of nitrogens with zero attached hydrogens (tertiary/aromatic N) is 1. The molecular weight excluding hydrogens is 236 g/mol. The standard InChI is InChI=1S/C16H26N2O/c1-9(2)18-10(3)12-13(11(18)4)16(7,14(17)19)8-15(12,5)6/h9H,8H2,1-7H3,(H2,17,19). The van der Waals surface area contributed by atoms with Crippen LogP contribution in [0.5, 0.6) is 0 Å². The van der Waals surface area contributed by atoms with Crippen molar-refractivity contribution in [2.45, 2.75) is 71.8 Å². The maximum atomic E-state index is 12.0. The number of carbonyl (C=O) groups excluding carboxylic acids is 1. The molecule has 0 radical (unpaired) electrons. The molecule has 0 spiro atoms. The van der Waals surface area contributed by atoms with Crippen LogP contribution in [0.25, 0.3) is 0 Å². The summed E-state index contributed by atoms with van der Waals surface area (Å²) in [6.07, 6.45) is 0.806. The van der Waals surface area contributed by atoms with Gasteiger partial charge in [-0.25, -0.2) is 0 Å². The average molecular weight is 262 g/mol. The fraction of sp³-hybridized carbons (Fsp3) is 0.688. The highest BCUT2D eigenvalue weighted by Crippen LogP contribution is 2.53. The second-order valence-electron chi connectivity index (χ2n) is 7.14. The molecule has 1 unspecified atom stereocenters. The predicted octanol–water partition coefficient (Wildman–Crippen LogP) is 3.11. The topological polar surface area (TPSA) is 48.0 Å². The van der Waals surface area contributed by atoms with Crippen molar-refractivity contribution in [1.29, 1.82) is 0 Å². The van der Waals surface area contributed by atoms with Crippen molar-refractivity contribution >= 4 is 5.91 Å². The van der Waals surface area contributed by atoms with E-state index in [0.717, 1.165) is 6.42 Å². The first-order valence-electron chi connectivity index (χ1n) is 7.06. The second-order valence-corrected chi connectivity index (χ2v) is 7.14. The number of carbonyl (C=O) groups is 1. The number of nitrogens with two attached hydrogens (primary N) is 1. The lowest BCUT2D eigenvalue weighted by atomic mass is 9.79. The Bertz CT molecular complexity index is 552. The maximum Gasteiger partial charge on any atom is 0.227 e. The molecular formula is C16H26N2O. The highest BCUT2D eigenvalue weighted by atomic mass is 16.1. The van der Waals surface area contributed by atoms with Crippen LogP contribution in [0.1, 0.15) is 69.6 Å². The van der Waals surface area contributed by atoms with E-state index in [2.05, 4.69) is 46.1 Å². The van der Waals surface area contributed by atoms with Gasteiger partial charge in [0, 0.05) is 17.4 Å². The van der Waals surface area contributed by atoms with Gasteiger partial charge in [0.2, 0.25) is 5.91 Å². The van der Waals surface area contributed by atoms with Crippen LogP contribution in [0.3, 0.4) is 0 Å². The molecule has 3 nitrogen and oxygen atoms in total. The van der Waals surface area contributed by atoms with Gasteiger partial charge in [-0.3, -0.25) is 4.79 Å². The van der Waals surface area contributed by atoms with Crippen molar-refractivity contribution in [2.75, 3.05) is 0 Å². The molecule has 1 amide bonds. The van der Waals surface area contributed by atoms with E-state index in [9.17, 15) is 4.79 Å². The zero-order chi connectivity index (χ0) is 14.7. The van der Waals surface area contributed by atoms with Gasteiger partial charge >= 0.3 is 0 Å². The van der Waals surface area contributed by atoms with Gasteiger partial charge in [-0.05, 0) is 57.6 Å². The monoisotopic (exact) mass is 262 g/mol. The van der Waals surface area contributed by atoms with E-state index in [1.807, 2.05) is 6.92 Å². The summed E-state index contributed by atoms with van der Waals surface area (Å²) in [4.78, 5) is 12.0. The average Bonchev–Trinajstić information content (AvgIpc) is 2.61. The Balaban J connectivity index is 2.84. The molecule has 0 saturated carbocycles. The highest BCUT2D eigenvalue weighted by molar-refractivity contribution is 5.89. The van der Waals surface area contributed by atoms with Gasteiger partial charge in [0.15, 0.2) is 0 Å². The summed E-state index contributed by atoms with van der Waals surface area (Å²) in [6, 6.07) is 0.401. The van der Waals surface area contributed by atoms with Crippen LogP contribution in [0, 0.1) is 13.8 Å². The minimum absolute atomic E-state index is 0.00803. The molecule has 2 rings (SSSR count). The molecule has 1 aliphatic rings. The van der Waals surface area contributed by atoms with Crippen LogP contribution in [0.2, 0.25) is 0 Å². The van der Waals surface area contributed by atoms with Gasteiger partial charge < -0.3 is 10.3 Å². The number of amides is 1. The van der Waals surface area contributed by atoms with Gasteiger partial charge in [0.25, 0.3) is 0 Å². The zero-order valence-electron chi connectivity index (χ0n) is 13.2. The lowest BCUT2D eigenvalue weighted by molar-refractivity contribution is -0.123. The molecule has 0 fully saturated rings. The first-order chi connectivity index (χ1) is 8.54. The molecule has 106 valence electrons. The number of hydrogen-bond acceptors (Lipinski definition) is 1. The van der Waals surface area contributed by atoms with Crippen molar-refractivity contribution in [1.82, 2.24) is 4.57 Å². The molecule has 1 heterocycles. The summed E-state index contributed by atoms with van der Waals surface area (Å²) < 4.78 is 2.34. The van der Waals surface area contributed by atoms with E-state index >= 15 is 0 Å². The van der Waals surface area contributed by atoms with E-state index in [0.29, 0.717) is 6.04 Å². The van der Waals surface area contributed by atoms with Crippen molar-refractivity contribution < 1.29 is 4.79 Å². The SMILES string of the molecule is Cc1c2c(c(C)n1C(C)C)C(C)(C(N)=O)CC2(C)C. The Hall–Kier alpha value is -1.25. The second kappa shape index (κ2) is 3.87. The molecule has 1 atom stereocenters. The van der Waals surface area contributed by atoms with E-state index in [1.54, 1.807) is 0 Å². The Morgan fingerprint density at radius 2 is 1.63 bits per heavy atom. The van der Waals surface area contributed by atoms with E-state index < -0.39 is 5.41 Å². The number of rotatable bonds is 2. The molecule has 19 heavy (non-hydrogen) atoms. The fourth-order valence-electron chi connectivity index (χ4n) is 4.40. The van der Waals surface area contributed by atoms with E-state index in [4.69, 9.17) is 5.73 Å². The number of fused-ring (bicyclic) bond motifs is 1. The van der Waals surface area contributed by atoms with Crippen LogP contribution in [0.4, 0.5) is 0 Å². The molecule has 0 aliphatic heterocycles. The number of hydrogen-bond donors (Lipinski definition) is 1. The Morgan fingerprint density at radius 3 is 2.05 bits per heavy atom. The Morgan fingerprint density at radius 1 is 1.16 bits per heavy atom. The highest BCUT2D eigenvalue weighted by Gasteiger charge is 2.51. The molecule has 0 saturated heterocycles. The normalized spacial score (nSPS) is 24.8. The number of aromatic nitrogens is 1. The Labute approximate surface area is 116 Å². The van der Waals surface area contributed by atoms with Gasteiger partial charge in [0.1, 0.15) is 0 Å². The minimum Gasteiger partial charge on any atom is -0.369 e. The third kappa shape index (κ3) is 1.67. The summed E-state index contributed by atoms with van der Waals surface area (Å²) in [5.41, 5.74) is 10.2. The quantitative estimate of drug-likeness (QED) is 0.874. The summed E-state index contributed by atoms with van der Waals surface area (Å²) in [6.45, 7) is 15.1. The third-order valence-electron chi connectivity index (χ3n) is 4.78. The van der Waals surface area contributed by atoms with Crippen molar-refractivity contribution in [3.05, 3.63) is 22.5 Å². The summed E-state index contributed by atoms with van der Waals surface area (Å²) >= 11 is 0. The lowest BCUT2D eigenvalue weighted by Gasteiger charge is -2.27.